The fourth-order valence-corrected chi connectivity index (χ4v) is 2.38. The molecule has 0 aliphatic carbocycles. The van der Waals surface area contributed by atoms with Gasteiger partial charge in [-0.25, -0.2) is 9.37 Å². The van der Waals surface area contributed by atoms with Crippen molar-refractivity contribution in [3.8, 4) is 11.8 Å². The Kier molecular flexibility index (Phi) is 5.04. The maximum atomic E-state index is 13.8. The second-order valence-electron chi connectivity index (χ2n) is 4.24. The lowest BCUT2D eigenvalue weighted by molar-refractivity contribution is 0.0951. The molecule has 0 atom stereocenters. The number of aryl methyl sites for hydroxylation is 1. The molecule has 0 saturated heterocycles. The van der Waals surface area contributed by atoms with Crippen molar-refractivity contribution >= 4 is 17.2 Å². The van der Waals surface area contributed by atoms with Gasteiger partial charge in [-0.3, -0.25) is 4.79 Å². The monoisotopic (exact) mass is 303 g/mol. The van der Waals surface area contributed by atoms with Gasteiger partial charge >= 0.3 is 0 Å². The van der Waals surface area contributed by atoms with E-state index < -0.39 is 5.82 Å². The quantitative estimate of drug-likeness (QED) is 0.850. The summed E-state index contributed by atoms with van der Waals surface area (Å²) < 4.78 is 13.8. The van der Waals surface area contributed by atoms with E-state index in [4.69, 9.17) is 5.73 Å². The summed E-state index contributed by atoms with van der Waals surface area (Å²) in [5.74, 6) is 4.32. The average Bonchev–Trinajstić information content (AvgIpc) is 2.88. The van der Waals surface area contributed by atoms with Gasteiger partial charge in [-0.1, -0.05) is 11.8 Å². The van der Waals surface area contributed by atoms with Crippen molar-refractivity contribution < 1.29 is 9.18 Å². The van der Waals surface area contributed by atoms with Gasteiger partial charge in [0.05, 0.1) is 29.9 Å². The number of carbonyl (C=O) groups is 1. The van der Waals surface area contributed by atoms with Crippen molar-refractivity contribution in [1.29, 1.82) is 0 Å². The number of benzene rings is 1. The van der Waals surface area contributed by atoms with Crippen LogP contribution in [0.2, 0.25) is 0 Å². The third-order valence-corrected chi connectivity index (χ3v) is 3.75. The van der Waals surface area contributed by atoms with Crippen LogP contribution in [0.3, 0.4) is 0 Å². The molecule has 0 unspecified atom stereocenters. The number of halogens is 1. The standard InChI is InChI=1S/C15H14FN3OS/c1-10-14(21-9-19-10)8-18-15(20)12-5-4-11(3-2-6-17)13(16)7-12/h4-5,7,9H,6,8,17H2,1H3,(H,18,20). The zero-order valence-electron chi connectivity index (χ0n) is 11.4. The van der Waals surface area contributed by atoms with E-state index in [2.05, 4.69) is 22.1 Å². The fraction of sp³-hybridized carbons (Fsp3) is 0.200. The SMILES string of the molecule is Cc1ncsc1CNC(=O)c1ccc(C#CCN)c(F)c1. The minimum Gasteiger partial charge on any atom is -0.347 e. The molecular weight excluding hydrogens is 289 g/mol. The zero-order valence-corrected chi connectivity index (χ0v) is 12.3. The predicted molar refractivity (Wildman–Crippen MR) is 80.4 cm³/mol. The molecule has 6 heteroatoms. The van der Waals surface area contributed by atoms with Gasteiger partial charge in [0, 0.05) is 10.4 Å². The minimum absolute atomic E-state index is 0.163. The Morgan fingerprint density at radius 3 is 2.95 bits per heavy atom. The molecule has 0 spiro atoms. The van der Waals surface area contributed by atoms with E-state index in [1.807, 2.05) is 6.92 Å². The Hall–Kier alpha value is -2.23. The first kappa shape index (κ1) is 15.2. The first-order chi connectivity index (χ1) is 10.1. The molecule has 0 radical (unpaired) electrons. The topological polar surface area (TPSA) is 68.0 Å². The highest BCUT2D eigenvalue weighted by Gasteiger charge is 2.10. The van der Waals surface area contributed by atoms with E-state index >= 15 is 0 Å². The van der Waals surface area contributed by atoms with E-state index in [-0.39, 0.29) is 23.6 Å². The summed E-state index contributed by atoms with van der Waals surface area (Å²) in [6.07, 6.45) is 0. The van der Waals surface area contributed by atoms with E-state index in [1.165, 1.54) is 23.5 Å². The first-order valence-corrected chi connectivity index (χ1v) is 7.15. The zero-order chi connectivity index (χ0) is 15.2. The third kappa shape index (κ3) is 3.88. The van der Waals surface area contributed by atoms with Crippen LogP contribution >= 0.6 is 11.3 Å². The number of nitrogens with one attached hydrogen (secondary N) is 1. The van der Waals surface area contributed by atoms with Crippen LogP contribution in [-0.4, -0.2) is 17.4 Å². The maximum Gasteiger partial charge on any atom is 0.251 e. The Morgan fingerprint density at radius 2 is 2.33 bits per heavy atom. The van der Waals surface area contributed by atoms with Gasteiger partial charge in [-0.15, -0.1) is 11.3 Å². The summed E-state index contributed by atoms with van der Waals surface area (Å²) in [5, 5.41) is 2.74. The second-order valence-corrected chi connectivity index (χ2v) is 5.18. The van der Waals surface area contributed by atoms with Crippen molar-refractivity contribution in [3.63, 3.8) is 0 Å². The molecule has 1 aromatic heterocycles. The van der Waals surface area contributed by atoms with Crippen LogP contribution in [0.4, 0.5) is 4.39 Å². The molecule has 0 saturated carbocycles. The van der Waals surface area contributed by atoms with Gasteiger partial charge in [0.2, 0.25) is 0 Å². The molecule has 4 nitrogen and oxygen atoms in total. The van der Waals surface area contributed by atoms with Gasteiger partial charge in [0.15, 0.2) is 0 Å². The minimum atomic E-state index is -0.530. The molecule has 2 rings (SSSR count). The molecule has 1 aromatic carbocycles. The molecule has 0 bridgehead atoms. The molecule has 3 N–H and O–H groups in total. The normalized spacial score (nSPS) is 9.86. The number of aromatic nitrogens is 1. The molecule has 1 heterocycles. The number of hydrogen-bond acceptors (Lipinski definition) is 4. The Balaban J connectivity index is 2.06. The summed E-state index contributed by atoms with van der Waals surface area (Å²) in [6, 6.07) is 4.19. The first-order valence-electron chi connectivity index (χ1n) is 6.27. The molecule has 108 valence electrons. The lowest BCUT2D eigenvalue weighted by Gasteiger charge is -2.05. The van der Waals surface area contributed by atoms with Gasteiger partial charge in [-0.05, 0) is 25.1 Å². The molecule has 2 aromatic rings. The molecule has 1 amide bonds. The Bertz CT molecular complexity index is 715. The predicted octanol–water partition coefficient (Wildman–Crippen LogP) is 1.83. The lowest BCUT2D eigenvalue weighted by Crippen LogP contribution is -2.22. The van der Waals surface area contributed by atoms with E-state index in [0.29, 0.717) is 6.54 Å². The molecule has 21 heavy (non-hydrogen) atoms. The molecular formula is C15H14FN3OS. The van der Waals surface area contributed by atoms with Crippen LogP contribution in [0.15, 0.2) is 23.7 Å². The van der Waals surface area contributed by atoms with Crippen molar-refractivity contribution in [3.05, 3.63) is 51.2 Å². The number of hydrogen-bond donors (Lipinski definition) is 2. The van der Waals surface area contributed by atoms with Crippen molar-refractivity contribution in [1.82, 2.24) is 10.3 Å². The second kappa shape index (κ2) is 6.97. The van der Waals surface area contributed by atoms with Crippen LogP contribution in [0, 0.1) is 24.6 Å². The number of nitrogens with zero attached hydrogens (tertiary/aromatic N) is 1. The summed E-state index contributed by atoms with van der Waals surface area (Å²) in [5.41, 5.74) is 8.34. The van der Waals surface area contributed by atoms with Crippen LogP contribution < -0.4 is 11.1 Å². The van der Waals surface area contributed by atoms with Gasteiger partial charge in [0.1, 0.15) is 5.82 Å². The third-order valence-electron chi connectivity index (χ3n) is 2.81. The number of thiazole rings is 1. The van der Waals surface area contributed by atoms with Crippen molar-refractivity contribution in [2.45, 2.75) is 13.5 Å². The number of rotatable bonds is 3. The summed E-state index contributed by atoms with van der Waals surface area (Å²) in [6.45, 7) is 2.42. The van der Waals surface area contributed by atoms with Crippen LogP contribution in [0.5, 0.6) is 0 Å². The fourth-order valence-electron chi connectivity index (χ4n) is 1.66. The Morgan fingerprint density at radius 1 is 1.52 bits per heavy atom. The highest BCUT2D eigenvalue weighted by atomic mass is 32.1. The van der Waals surface area contributed by atoms with Gasteiger partial charge in [-0.2, -0.15) is 0 Å². The van der Waals surface area contributed by atoms with Crippen LogP contribution in [0.1, 0.15) is 26.5 Å². The smallest absolute Gasteiger partial charge is 0.251 e. The lowest BCUT2D eigenvalue weighted by atomic mass is 10.1. The summed E-state index contributed by atoms with van der Waals surface area (Å²) >= 11 is 1.47. The van der Waals surface area contributed by atoms with Crippen molar-refractivity contribution in [2.24, 2.45) is 5.73 Å². The maximum absolute atomic E-state index is 13.8. The molecule has 0 aliphatic heterocycles. The van der Waals surface area contributed by atoms with Crippen LogP contribution in [0.25, 0.3) is 0 Å². The van der Waals surface area contributed by atoms with Gasteiger partial charge in [0.25, 0.3) is 5.91 Å². The van der Waals surface area contributed by atoms with Gasteiger partial charge < -0.3 is 11.1 Å². The van der Waals surface area contributed by atoms with Crippen molar-refractivity contribution in [2.75, 3.05) is 6.54 Å². The summed E-state index contributed by atoms with van der Waals surface area (Å²) in [7, 11) is 0. The average molecular weight is 303 g/mol. The molecule has 0 aliphatic rings. The number of carbonyl (C=O) groups excluding carboxylic acids is 1. The highest BCUT2D eigenvalue weighted by Crippen LogP contribution is 2.13. The summed E-state index contributed by atoms with van der Waals surface area (Å²) in [4.78, 5) is 17.1. The van der Waals surface area contributed by atoms with E-state index in [1.54, 1.807) is 11.6 Å². The molecule has 0 fully saturated rings. The highest BCUT2D eigenvalue weighted by molar-refractivity contribution is 7.09. The Labute approximate surface area is 126 Å². The largest absolute Gasteiger partial charge is 0.347 e. The van der Waals surface area contributed by atoms with E-state index in [0.717, 1.165) is 10.6 Å². The number of nitrogens with two attached hydrogens (primary N) is 1. The van der Waals surface area contributed by atoms with E-state index in [9.17, 15) is 9.18 Å². The van der Waals surface area contributed by atoms with Crippen LogP contribution in [-0.2, 0) is 6.54 Å². The number of amides is 1.